The number of alkyl halides is 2. The van der Waals surface area contributed by atoms with Crippen LogP contribution in [0.15, 0.2) is 24.3 Å². The predicted octanol–water partition coefficient (Wildman–Crippen LogP) is 4.36. The van der Waals surface area contributed by atoms with Crippen molar-refractivity contribution in [2.24, 2.45) is 0 Å². The van der Waals surface area contributed by atoms with Crippen LogP contribution in [0.2, 0.25) is 0 Å². The van der Waals surface area contributed by atoms with Gasteiger partial charge in [0.1, 0.15) is 5.82 Å². The minimum absolute atomic E-state index is 0.262. The molecular weight excluding hydrogens is 274 g/mol. The van der Waals surface area contributed by atoms with E-state index in [4.69, 9.17) is 27.9 Å². The van der Waals surface area contributed by atoms with E-state index in [0.717, 1.165) is 18.6 Å². The number of rotatable bonds is 8. The molecule has 1 aromatic carbocycles. The molecule has 0 aromatic heterocycles. The van der Waals surface area contributed by atoms with E-state index in [0.29, 0.717) is 24.8 Å². The molecule has 0 amide bonds. The Hall–Kier alpha value is -0.310. The molecule has 1 aromatic rings. The van der Waals surface area contributed by atoms with Crippen LogP contribution in [-0.2, 0) is 10.2 Å². The molecule has 0 aliphatic carbocycles. The molecule has 0 aliphatic heterocycles. The lowest BCUT2D eigenvalue weighted by Gasteiger charge is -2.30. The Balaban J connectivity index is 2.79. The van der Waals surface area contributed by atoms with Crippen molar-refractivity contribution < 1.29 is 9.13 Å². The number of hydrogen-bond donors (Lipinski definition) is 0. The molecule has 0 saturated carbocycles. The van der Waals surface area contributed by atoms with Gasteiger partial charge in [0.05, 0.1) is 0 Å². The van der Waals surface area contributed by atoms with Gasteiger partial charge in [-0.05, 0) is 30.5 Å². The number of ether oxygens (including phenoxy) is 1. The highest BCUT2D eigenvalue weighted by molar-refractivity contribution is 6.22. The third-order valence-corrected chi connectivity index (χ3v) is 4.05. The summed E-state index contributed by atoms with van der Waals surface area (Å²) < 4.78 is 18.8. The van der Waals surface area contributed by atoms with Gasteiger partial charge in [-0.2, -0.15) is 0 Å². The van der Waals surface area contributed by atoms with Crippen molar-refractivity contribution in [2.75, 3.05) is 25.0 Å². The van der Waals surface area contributed by atoms with Crippen molar-refractivity contribution in [3.63, 3.8) is 0 Å². The summed E-state index contributed by atoms with van der Waals surface area (Å²) in [5.74, 6) is 0.451. The van der Waals surface area contributed by atoms with Gasteiger partial charge in [0.2, 0.25) is 0 Å². The second kappa shape index (κ2) is 7.98. The molecule has 18 heavy (non-hydrogen) atoms. The maximum Gasteiger partial charge on any atom is 0.123 e. The molecule has 0 aliphatic rings. The van der Waals surface area contributed by atoms with E-state index in [1.807, 2.05) is 6.07 Å². The van der Waals surface area contributed by atoms with Gasteiger partial charge in [0, 0.05) is 30.4 Å². The highest BCUT2D eigenvalue weighted by Crippen LogP contribution is 2.31. The summed E-state index contributed by atoms with van der Waals surface area (Å²) in [6, 6.07) is 6.48. The summed E-state index contributed by atoms with van der Waals surface area (Å²) in [5.41, 5.74) is 0.423. The lowest BCUT2D eigenvalue weighted by atomic mass is 9.81. The molecule has 0 unspecified atom stereocenters. The third kappa shape index (κ3) is 4.11. The molecule has 0 fully saturated rings. The lowest BCUT2D eigenvalue weighted by Crippen LogP contribution is -2.32. The Bertz CT molecular complexity index is 353. The lowest BCUT2D eigenvalue weighted by molar-refractivity contribution is 0.119. The molecule has 0 heterocycles. The predicted molar refractivity (Wildman–Crippen MR) is 75.2 cm³/mol. The van der Waals surface area contributed by atoms with Gasteiger partial charge in [-0.3, -0.25) is 0 Å². The Kier molecular flexibility index (Phi) is 6.98. The molecule has 0 saturated heterocycles. The first-order valence-electron chi connectivity index (χ1n) is 6.14. The third-order valence-electron chi connectivity index (χ3n) is 3.02. The molecule has 0 atom stereocenters. The summed E-state index contributed by atoms with van der Waals surface area (Å²) in [5, 5.41) is 0. The Morgan fingerprint density at radius 3 is 2.50 bits per heavy atom. The van der Waals surface area contributed by atoms with Crippen LogP contribution in [0.3, 0.4) is 0 Å². The van der Waals surface area contributed by atoms with Crippen LogP contribution in [-0.4, -0.2) is 25.0 Å². The quantitative estimate of drug-likeness (QED) is 0.511. The zero-order valence-electron chi connectivity index (χ0n) is 10.6. The highest BCUT2D eigenvalue weighted by Gasteiger charge is 2.30. The molecule has 0 radical (unpaired) electrons. The van der Waals surface area contributed by atoms with Gasteiger partial charge in [0.25, 0.3) is 0 Å². The summed E-state index contributed by atoms with van der Waals surface area (Å²) in [6.45, 7) is 3.37. The first-order chi connectivity index (χ1) is 8.68. The van der Waals surface area contributed by atoms with Crippen LogP contribution in [0, 0.1) is 5.82 Å². The van der Waals surface area contributed by atoms with Crippen molar-refractivity contribution in [3.8, 4) is 0 Å². The largest absolute Gasteiger partial charge is 0.381 e. The normalized spacial score (nSPS) is 11.8. The summed E-state index contributed by atoms with van der Waals surface area (Å²) >= 11 is 12.1. The van der Waals surface area contributed by atoms with Crippen molar-refractivity contribution >= 4 is 23.2 Å². The van der Waals surface area contributed by atoms with Gasteiger partial charge >= 0.3 is 0 Å². The maximum atomic E-state index is 13.3. The van der Waals surface area contributed by atoms with Crippen molar-refractivity contribution in [2.45, 2.75) is 25.2 Å². The van der Waals surface area contributed by atoms with Gasteiger partial charge < -0.3 is 4.74 Å². The first-order valence-corrected chi connectivity index (χ1v) is 7.21. The van der Waals surface area contributed by atoms with Gasteiger partial charge in [-0.15, -0.1) is 23.2 Å². The smallest absolute Gasteiger partial charge is 0.123 e. The topological polar surface area (TPSA) is 9.23 Å². The number of benzene rings is 1. The molecule has 1 rings (SSSR count). The monoisotopic (exact) mass is 292 g/mol. The van der Waals surface area contributed by atoms with E-state index in [2.05, 4.69) is 6.92 Å². The maximum absolute atomic E-state index is 13.3. The zero-order chi connectivity index (χ0) is 13.4. The Morgan fingerprint density at radius 2 is 1.94 bits per heavy atom. The fourth-order valence-corrected chi connectivity index (χ4v) is 2.66. The van der Waals surface area contributed by atoms with E-state index in [1.165, 1.54) is 12.1 Å². The summed E-state index contributed by atoms with van der Waals surface area (Å²) in [4.78, 5) is 0. The molecule has 0 bridgehead atoms. The van der Waals surface area contributed by atoms with E-state index in [1.54, 1.807) is 6.07 Å². The number of halogens is 3. The highest BCUT2D eigenvalue weighted by atomic mass is 35.5. The van der Waals surface area contributed by atoms with E-state index >= 15 is 0 Å². The minimum Gasteiger partial charge on any atom is -0.381 e. The van der Waals surface area contributed by atoms with Gasteiger partial charge in [-0.1, -0.05) is 19.1 Å². The van der Waals surface area contributed by atoms with Crippen LogP contribution in [0.1, 0.15) is 25.3 Å². The van der Waals surface area contributed by atoms with Crippen molar-refractivity contribution in [1.29, 1.82) is 0 Å². The van der Waals surface area contributed by atoms with E-state index < -0.39 is 5.41 Å². The van der Waals surface area contributed by atoms with Crippen LogP contribution < -0.4 is 0 Å². The minimum atomic E-state index is -0.418. The molecular formula is C14H19Cl2FO. The van der Waals surface area contributed by atoms with Crippen LogP contribution in [0.4, 0.5) is 4.39 Å². The second-order valence-corrected chi connectivity index (χ2v) is 4.95. The Labute approximate surface area is 118 Å². The molecule has 0 spiro atoms. The van der Waals surface area contributed by atoms with Crippen LogP contribution >= 0.6 is 23.2 Å². The molecule has 0 N–H and O–H groups in total. The number of hydrogen-bond acceptors (Lipinski definition) is 1. The Morgan fingerprint density at radius 1 is 1.22 bits per heavy atom. The van der Waals surface area contributed by atoms with E-state index in [9.17, 15) is 4.39 Å². The van der Waals surface area contributed by atoms with Gasteiger partial charge in [0.15, 0.2) is 0 Å². The SMILES string of the molecule is CCCOCCC(CCl)(CCl)c1cccc(F)c1. The second-order valence-electron chi connectivity index (χ2n) is 4.42. The van der Waals surface area contributed by atoms with Crippen molar-refractivity contribution in [3.05, 3.63) is 35.6 Å². The standard InChI is InChI=1S/C14H19Cl2FO/c1-2-7-18-8-6-14(10-15,11-16)12-4-3-5-13(17)9-12/h3-5,9H,2,6-8,10-11H2,1H3. The van der Waals surface area contributed by atoms with Gasteiger partial charge in [-0.25, -0.2) is 4.39 Å². The van der Waals surface area contributed by atoms with E-state index in [-0.39, 0.29) is 5.82 Å². The zero-order valence-corrected chi connectivity index (χ0v) is 12.1. The first kappa shape index (κ1) is 15.7. The fraction of sp³-hybridized carbons (Fsp3) is 0.571. The fourth-order valence-electron chi connectivity index (χ4n) is 1.80. The average molecular weight is 293 g/mol. The molecule has 102 valence electrons. The summed E-state index contributed by atoms with van der Waals surface area (Å²) in [6.07, 6.45) is 1.68. The molecule has 1 nitrogen and oxygen atoms in total. The summed E-state index contributed by atoms with van der Waals surface area (Å²) in [7, 11) is 0. The van der Waals surface area contributed by atoms with Crippen LogP contribution in [0.5, 0.6) is 0 Å². The van der Waals surface area contributed by atoms with Crippen molar-refractivity contribution in [1.82, 2.24) is 0 Å². The average Bonchev–Trinajstić information content (AvgIpc) is 2.40. The molecule has 4 heteroatoms. The van der Waals surface area contributed by atoms with Crippen LogP contribution in [0.25, 0.3) is 0 Å².